The first-order valence-electron chi connectivity index (χ1n) is 7.61. The Balaban J connectivity index is 2.14. The van der Waals surface area contributed by atoms with Gasteiger partial charge in [-0.1, -0.05) is 13.3 Å². The smallest absolute Gasteiger partial charge is 0.330 e. The number of nitrogens with zero attached hydrogens (tertiary/aromatic N) is 1. The van der Waals surface area contributed by atoms with Crippen LogP contribution in [-0.4, -0.2) is 28.8 Å². The molecular formula is C14H24N4O3. The van der Waals surface area contributed by atoms with Gasteiger partial charge >= 0.3 is 5.69 Å². The van der Waals surface area contributed by atoms with Crippen molar-refractivity contribution < 1.29 is 4.74 Å². The van der Waals surface area contributed by atoms with Gasteiger partial charge in [-0.15, -0.1) is 0 Å². The van der Waals surface area contributed by atoms with E-state index in [0.717, 1.165) is 38.7 Å². The molecule has 21 heavy (non-hydrogen) atoms. The van der Waals surface area contributed by atoms with Gasteiger partial charge < -0.3 is 15.8 Å². The lowest BCUT2D eigenvalue weighted by Gasteiger charge is -2.23. The molecule has 4 N–H and O–H groups in total. The van der Waals surface area contributed by atoms with Crippen molar-refractivity contribution in [3.63, 3.8) is 0 Å². The van der Waals surface area contributed by atoms with E-state index in [4.69, 9.17) is 10.5 Å². The predicted molar refractivity (Wildman–Crippen MR) is 82.7 cm³/mol. The fourth-order valence-electron chi connectivity index (χ4n) is 2.48. The van der Waals surface area contributed by atoms with E-state index in [1.165, 1.54) is 4.57 Å². The molecule has 1 unspecified atom stereocenters. The molecule has 0 radical (unpaired) electrons. The molecule has 2 heterocycles. The monoisotopic (exact) mass is 296 g/mol. The van der Waals surface area contributed by atoms with Crippen molar-refractivity contribution in [1.29, 1.82) is 0 Å². The summed E-state index contributed by atoms with van der Waals surface area (Å²) in [7, 11) is 0. The highest BCUT2D eigenvalue weighted by Crippen LogP contribution is 2.15. The summed E-state index contributed by atoms with van der Waals surface area (Å²) in [5, 5.41) is 3.04. The van der Waals surface area contributed by atoms with Gasteiger partial charge in [0, 0.05) is 19.7 Å². The Kier molecular flexibility index (Phi) is 5.44. The van der Waals surface area contributed by atoms with Gasteiger partial charge in [0.05, 0.1) is 6.10 Å². The van der Waals surface area contributed by atoms with Gasteiger partial charge in [0.25, 0.3) is 5.56 Å². The number of aromatic nitrogens is 2. The van der Waals surface area contributed by atoms with Crippen LogP contribution >= 0.6 is 0 Å². The summed E-state index contributed by atoms with van der Waals surface area (Å²) < 4.78 is 7.03. The van der Waals surface area contributed by atoms with Gasteiger partial charge in [-0.05, 0) is 25.7 Å². The number of hydrogen-bond donors (Lipinski definition) is 3. The Bertz CT molecular complexity index is 573. The number of aromatic amines is 1. The summed E-state index contributed by atoms with van der Waals surface area (Å²) in [6, 6.07) is 0. The van der Waals surface area contributed by atoms with E-state index in [1.807, 2.05) is 6.92 Å². The minimum atomic E-state index is -0.471. The lowest BCUT2D eigenvalue weighted by Crippen LogP contribution is -2.36. The molecule has 1 atom stereocenters. The third-order valence-electron chi connectivity index (χ3n) is 3.76. The number of nitrogens with one attached hydrogen (secondary N) is 2. The number of nitrogen functional groups attached to an aromatic ring is 1. The zero-order valence-electron chi connectivity index (χ0n) is 12.5. The highest BCUT2D eigenvalue weighted by molar-refractivity contribution is 5.60. The van der Waals surface area contributed by atoms with Crippen LogP contribution in [0.25, 0.3) is 0 Å². The molecule has 0 spiro atoms. The molecule has 0 aliphatic carbocycles. The lowest BCUT2D eigenvalue weighted by molar-refractivity contribution is 0.0247. The number of anilines is 2. The van der Waals surface area contributed by atoms with Gasteiger partial charge in [-0.3, -0.25) is 14.3 Å². The van der Waals surface area contributed by atoms with Crippen molar-refractivity contribution in [2.45, 2.75) is 51.7 Å². The summed E-state index contributed by atoms with van der Waals surface area (Å²) in [6.45, 7) is 3.83. The molecule has 7 heteroatoms. The van der Waals surface area contributed by atoms with Gasteiger partial charge in [0.15, 0.2) is 0 Å². The summed E-state index contributed by atoms with van der Waals surface area (Å²) in [5.41, 5.74) is 5.32. The SMILES string of the molecule is CCCCn1c(N)c(NCC2CCCCO2)c(=O)[nH]c1=O. The van der Waals surface area contributed by atoms with Crippen molar-refractivity contribution in [3.8, 4) is 0 Å². The molecule has 1 aliphatic rings. The standard InChI is InChI=1S/C14H24N4O3/c1-2-3-7-18-12(15)11(13(19)17-14(18)20)16-9-10-6-4-5-8-21-10/h10,16H,2-9,15H2,1H3,(H,17,19,20). The normalized spacial score (nSPS) is 18.6. The largest absolute Gasteiger partial charge is 0.383 e. The van der Waals surface area contributed by atoms with Crippen LogP contribution in [0, 0.1) is 0 Å². The minimum Gasteiger partial charge on any atom is -0.383 e. The fourth-order valence-corrected chi connectivity index (χ4v) is 2.48. The average molecular weight is 296 g/mol. The van der Waals surface area contributed by atoms with Crippen molar-refractivity contribution in [2.24, 2.45) is 0 Å². The second kappa shape index (κ2) is 7.31. The summed E-state index contributed by atoms with van der Waals surface area (Å²) in [5.74, 6) is 0.202. The average Bonchev–Trinajstić information content (AvgIpc) is 2.47. The van der Waals surface area contributed by atoms with Crippen LogP contribution < -0.4 is 22.3 Å². The van der Waals surface area contributed by atoms with Crippen LogP contribution in [-0.2, 0) is 11.3 Å². The Hall–Kier alpha value is -1.76. The minimum absolute atomic E-state index is 0.0913. The predicted octanol–water partition coefficient (Wildman–Crippen LogP) is 0.900. The first-order chi connectivity index (χ1) is 10.1. The van der Waals surface area contributed by atoms with E-state index in [-0.39, 0.29) is 17.6 Å². The Morgan fingerprint density at radius 2 is 2.24 bits per heavy atom. The second-order valence-electron chi connectivity index (χ2n) is 5.39. The molecule has 2 rings (SSSR count). The summed E-state index contributed by atoms with van der Waals surface area (Å²) >= 11 is 0. The van der Waals surface area contributed by atoms with E-state index < -0.39 is 11.2 Å². The lowest BCUT2D eigenvalue weighted by atomic mass is 10.1. The van der Waals surface area contributed by atoms with E-state index >= 15 is 0 Å². The van der Waals surface area contributed by atoms with Gasteiger partial charge in [-0.2, -0.15) is 0 Å². The third-order valence-corrected chi connectivity index (χ3v) is 3.76. The number of rotatable bonds is 6. The van der Waals surface area contributed by atoms with Crippen LogP contribution in [0.5, 0.6) is 0 Å². The van der Waals surface area contributed by atoms with Gasteiger partial charge in [0.2, 0.25) is 0 Å². The first-order valence-corrected chi connectivity index (χ1v) is 7.61. The molecule has 0 bridgehead atoms. The maximum atomic E-state index is 11.9. The molecular weight excluding hydrogens is 272 g/mol. The zero-order chi connectivity index (χ0) is 15.2. The zero-order valence-corrected chi connectivity index (χ0v) is 12.5. The van der Waals surface area contributed by atoms with Gasteiger partial charge in [0.1, 0.15) is 11.5 Å². The summed E-state index contributed by atoms with van der Waals surface area (Å²) in [4.78, 5) is 26.0. The van der Waals surface area contributed by atoms with Crippen molar-refractivity contribution in [3.05, 3.63) is 20.8 Å². The number of H-pyrrole nitrogens is 1. The van der Waals surface area contributed by atoms with Crippen LogP contribution in [0.15, 0.2) is 9.59 Å². The van der Waals surface area contributed by atoms with E-state index in [9.17, 15) is 9.59 Å². The van der Waals surface area contributed by atoms with Gasteiger partial charge in [-0.25, -0.2) is 4.79 Å². The second-order valence-corrected chi connectivity index (χ2v) is 5.39. The molecule has 7 nitrogen and oxygen atoms in total. The molecule has 1 aromatic heterocycles. The molecule has 1 aromatic rings. The number of hydrogen-bond acceptors (Lipinski definition) is 5. The highest BCUT2D eigenvalue weighted by atomic mass is 16.5. The first kappa shape index (κ1) is 15.6. The number of unbranched alkanes of at least 4 members (excludes halogenated alkanes) is 1. The molecule has 1 saturated heterocycles. The quantitative estimate of drug-likeness (QED) is 0.724. The van der Waals surface area contributed by atoms with E-state index in [0.29, 0.717) is 13.1 Å². The Labute approximate surface area is 123 Å². The Morgan fingerprint density at radius 1 is 1.43 bits per heavy atom. The molecule has 0 amide bonds. The highest BCUT2D eigenvalue weighted by Gasteiger charge is 2.16. The molecule has 1 aliphatic heterocycles. The van der Waals surface area contributed by atoms with Crippen LogP contribution in [0.3, 0.4) is 0 Å². The van der Waals surface area contributed by atoms with Crippen LogP contribution in [0.4, 0.5) is 11.5 Å². The maximum absolute atomic E-state index is 11.9. The molecule has 0 aromatic carbocycles. The maximum Gasteiger partial charge on any atom is 0.330 e. The molecule has 1 fully saturated rings. The van der Waals surface area contributed by atoms with Crippen LogP contribution in [0.1, 0.15) is 39.0 Å². The van der Waals surface area contributed by atoms with E-state index in [1.54, 1.807) is 0 Å². The fraction of sp³-hybridized carbons (Fsp3) is 0.714. The van der Waals surface area contributed by atoms with Crippen molar-refractivity contribution in [1.82, 2.24) is 9.55 Å². The molecule has 118 valence electrons. The number of nitrogens with two attached hydrogens (primary N) is 1. The van der Waals surface area contributed by atoms with Crippen molar-refractivity contribution in [2.75, 3.05) is 24.2 Å². The number of ether oxygens (including phenoxy) is 1. The topological polar surface area (TPSA) is 102 Å². The molecule has 0 saturated carbocycles. The third kappa shape index (κ3) is 3.87. The Morgan fingerprint density at radius 3 is 2.90 bits per heavy atom. The van der Waals surface area contributed by atoms with Crippen LogP contribution in [0.2, 0.25) is 0 Å². The van der Waals surface area contributed by atoms with E-state index in [2.05, 4.69) is 10.3 Å². The summed E-state index contributed by atoms with van der Waals surface area (Å²) in [6.07, 6.45) is 5.06. The van der Waals surface area contributed by atoms with Crippen molar-refractivity contribution >= 4 is 11.5 Å².